The SMILES string of the molecule is Bc1ccc(Cn2nc(C)c(-c3ccc(N)cc3)c2C)cn1. The second-order valence-electron chi connectivity index (χ2n) is 5.63. The van der Waals surface area contributed by atoms with E-state index in [-0.39, 0.29) is 0 Å². The maximum atomic E-state index is 5.77. The van der Waals surface area contributed by atoms with Gasteiger partial charge in [0.1, 0.15) is 0 Å². The summed E-state index contributed by atoms with van der Waals surface area (Å²) >= 11 is 0. The molecule has 0 amide bonds. The van der Waals surface area contributed by atoms with E-state index in [9.17, 15) is 0 Å². The summed E-state index contributed by atoms with van der Waals surface area (Å²) < 4.78 is 2.04. The second kappa shape index (κ2) is 5.68. The van der Waals surface area contributed by atoms with Crippen LogP contribution in [0.5, 0.6) is 0 Å². The first kappa shape index (κ1) is 14.4. The van der Waals surface area contributed by atoms with Crippen LogP contribution in [0.3, 0.4) is 0 Å². The topological polar surface area (TPSA) is 56.7 Å². The number of hydrogen-bond donors (Lipinski definition) is 1. The molecule has 0 aliphatic carbocycles. The Hall–Kier alpha value is -2.56. The van der Waals surface area contributed by atoms with Gasteiger partial charge in [-0.2, -0.15) is 5.10 Å². The molecule has 2 aromatic heterocycles. The van der Waals surface area contributed by atoms with Crippen LogP contribution in [-0.4, -0.2) is 22.6 Å². The van der Waals surface area contributed by atoms with Crippen LogP contribution >= 0.6 is 0 Å². The Balaban J connectivity index is 1.96. The molecular formula is C17H19BN4. The monoisotopic (exact) mass is 290 g/mol. The summed E-state index contributed by atoms with van der Waals surface area (Å²) in [5.74, 6) is 0. The zero-order valence-electron chi connectivity index (χ0n) is 13.2. The summed E-state index contributed by atoms with van der Waals surface area (Å²) in [4.78, 5) is 4.35. The Kier molecular flexibility index (Phi) is 3.71. The van der Waals surface area contributed by atoms with E-state index >= 15 is 0 Å². The lowest BCUT2D eigenvalue weighted by Gasteiger charge is -2.06. The highest BCUT2D eigenvalue weighted by Gasteiger charge is 2.13. The van der Waals surface area contributed by atoms with Gasteiger partial charge in [-0.15, -0.1) is 0 Å². The van der Waals surface area contributed by atoms with Crippen molar-refractivity contribution >= 4 is 19.1 Å². The largest absolute Gasteiger partial charge is 0.399 e. The first-order valence-corrected chi connectivity index (χ1v) is 7.36. The summed E-state index contributed by atoms with van der Waals surface area (Å²) in [7, 11) is 1.99. The summed E-state index contributed by atoms with van der Waals surface area (Å²) in [6.07, 6.45) is 1.91. The van der Waals surface area contributed by atoms with E-state index in [0.29, 0.717) is 0 Å². The van der Waals surface area contributed by atoms with Crippen LogP contribution in [0.2, 0.25) is 0 Å². The smallest absolute Gasteiger partial charge is 0.163 e. The summed E-state index contributed by atoms with van der Waals surface area (Å²) in [5, 5.41) is 4.68. The van der Waals surface area contributed by atoms with Crippen LogP contribution in [0, 0.1) is 13.8 Å². The molecule has 0 radical (unpaired) electrons. The Morgan fingerprint density at radius 2 is 1.82 bits per heavy atom. The molecule has 0 bridgehead atoms. The highest BCUT2D eigenvalue weighted by Crippen LogP contribution is 2.27. The fourth-order valence-corrected chi connectivity index (χ4v) is 2.68. The highest BCUT2D eigenvalue weighted by molar-refractivity contribution is 6.30. The van der Waals surface area contributed by atoms with Gasteiger partial charge < -0.3 is 5.73 Å². The number of aryl methyl sites for hydroxylation is 1. The molecule has 0 atom stereocenters. The van der Waals surface area contributed by atoms with Crippen LogP contribution in [0.25, 0.3) is 11.1 Å². The average molecular weight is 290 g/mol. The van der Waals surface area contributed by atoms with Crippen molar-refractivity contribution < 1.29 is 0 Å². The molecule has 0 fully saturated rings. The lowest BCUT2D eigenvalue weighted by atomic mass is 10.0. The predicted octanol–water partition coefficient (Wildman–Crippen LogP) is 1.45. The van der Waals surface area contributed by atoms with E-state index in [2.05, 4.69) is 23.1 Å². The van der Waals surface area contributed by atoms with Gasteiger partial charge in [0, 0.05) is 23.1 Å². The molecule has 2 N–H and O–H groups in total. The van der Waals surface area contributed by atoms with E-state index in [4.69, 9.17) is 5.73 Å². The lowest BCUT2D eigenvalue weighted by molar-refractivity contribution is 0.658. The number of nitrogens with zero attached hydrogens (tertiary/aromatic N) is 3. The number of nitrogen functional groups attached to an aromatic ring is 1. The fraction of sp³-hybridized carbons (Fsp3) is 0.176. The molecule has 3 aromatic rings. The van der Waals surface area contributed by atoms with Crippen molar-refractivity contribution in [2.75, 3.05) is 5.73 Å². The molecule has 0 saturated heterocycles. The first-order chi connectivity index (χ1) is 10.5. The molecular weight excluding hydrogens is 271 g/mol. The van der Waals surface area contributed by atoms with Gasteiger partial charge >= 0.3 is 0 Å². The molecule has 0 aliphatic rings. The van der Waals surface area contributed by atoms with Crippen LogP contribution < -0.4 is 11.3 Å². The molecule has 3 rings (SSSR count). The Morgan fingerprint density at radius 3 is 2.45 bits per heavy atom. The zero-order chi connectivity index (χ0) is 15.7. The zero-order valence-corrected chi connectivity index (χ0v) is 13.2. The van der Waals surface area contributed by atoms with E-state index < -0.39 is 0 Å². The van der Waals surface area contributed by atoms with Crippen LogP contribution in [0.15, 0.2) is 42.6 Å². The van der Waals surface area contributed by atoms with Gasteiger partial charge in [-0.05, 0) is 42.7 Å². The summed E-state index contributed by atoms with van der Waals surface area (Å²) in [6, 6.07) is 12.1. The van der Waals surface area contributed by atoms with Crippen LogP contribution in [0.4, 0.5) is 5.69 Å². The average Bonchev–Trinajstić information content (AvgIpc) is 2.77. The predicted molar refractivity (Wildman–Crippen MR) is 93.1 cm³/mol. The number of rotatable bonds is 3. The van der Waals surface area contributed by atoms with E-state index in [1.54, 1.807) is 0 Å². The van der Waals surface area contributed by atoms with Gasteiger partial charge in [-0.1, -0.05) is 24.3 Å². The number of anilines is 1. The minimum atomic E-state index is 0.731. The third-order valence-electron chi connectivity index (χ3n) is 3.89. The Labute approximate surface area is 131 Å². The van der Waals surface area contributed by atoms with Crippen LogP contribution in [0.1, 0.15) is 17.0 Å². The second-order valence-corrected chi connectivity index (χ2v) is 5.63. The normalized spacial score (nSPS) is 10.8. The van der Waals surface area contributed by atoms with Crippen molar-refractivity contribution in [3.8, 4) is 11.1 Å². The molecule has 0 spiro atoms. The van der Waals surface area contributed by atoms with Gasteiger partial charge in [0.05, 0.1) is 12.2 Å². The van der Waals surface area contributed by atoms with Gasteiger partial charge in [-0.3, -0.25) is 9.67 Å². The standard InChI is InChI=1S/C17H19BN4/c1-11-17(14-4-6-15(19)7-5-14)12(2)22(21-11)10-13-3-8-16(18)20-9-13/h3-9H,10,18-19H2,1-2H3. The lowest BCUT2D eigenvalue weighted by Crippen LogP contribution is -2.10. The molecule has 5 heteroatoms. The van der Waals surface area contributed by atoms with Gasteiger partial charge in [0.15, 0.2) is 7.85 Å². The van der Waals surface area contributed by atoms with Crippen molar-refractivity contribution in [1.82, 2.24) is 14.8 Å². The molecule has 0 saturated carbocycles. The first-order valence-electron chi connectivity index (χ1n) is 7.36. The van der Waals surface area contributed by atoms with Gasteiger partial charge in [0.25, 0.3) is 0 Å². The van der Waals surface area contributed by atoms with Crippen molar-refractivity contribution in [3.05, 3.63) is 59.5 Å². The molecule has 4 nitrogen and oxygen atoms in total. The van der Waals surface area contributed by atoms with Gasteiger partial charge in [0.2, 0.25) is 0 Å². The minimum Gasteiger partial charge on any atom is -0.399 e. The number of hydrogen-bond acceptors (Lipinski definition) is 3. The summed E-state index contributed by atoms with van der Waals surface area (Å²) in [6.45, 7) is 4.88. The fourth-order valence-electron chi connectivity index (χ4n) is 2.68. The quantitative estimate of drug-likeness (QED) is 0.587. The highest BCUT2D eigenvalue weighted by atomic mass is 15.3. The molecule has 22 heavy (non-hydrogen) atoms. The maximum absolute atomic E-state index is 5.77. The van der Waals surface area contributed by atoms with Crippen molar-refractivity contribution in [2.45, 2.75) is 20.4 Å². The van der Waals surface area contributed by atoms with Crippen molar-refractivity contribution in [2.24, 2.45) is 0 Å². The summed E-state index contributed by atoms with van der Waals surface area (Å²) in [5.41, 5.74) is 13.2. The number of benzene rings is 1. The molecule has 1 aromatic carbocycles. The van der Waals surface area contributed by atoms with E-state index in [1.807, 2.05) is 56.0 Å². The van der Waals surface area contributed by atoms with Crippen molar-refractivity contribution in [3.63, 3.8) is 0 Å². The van der Waals surface area contributed by atoms with Crippen LogP contribution in [-0.2, 0) is 6.54 Å². The Morgan fingerprint density at radius 1 is 1.09 bits per heavy atom. The Bertz CT molecular complexity index is 789. The third-order valence-corrected chi connectivity index (χ3v) is 3.89. The minimum absolute atomic E-state index is 0.731. The van der Waals surface area contributed by atoms with E-state index in [0.717, 1.165) is 40.3 Å². The third kappa shape index (κ3) is 2.75. The molecule has 0 aliphatic heterocycles. The molecule has 0 unspecified atom stereocenters. The maximum Gasteiger partial charge on any atom is 0.163 e. The number of pyridine rings is 1. The molecule has 2 heterocycles. The molecule has 110 valence electrons. The van der Waals surface area contributed by atoms with E-state index in [1.165, 1.54) is 5.56 Å². The van der Waals surface area contributed by atoms with Crippen molar-refractivity contribution in [1.29, 1.82) is 0 Å². The van der Waals surface area contributed by atoms with Gasteiger partial charge in [-0.25, -0.2) is 0 Å². The number of aromatic nitrogens is 3. The number of nitrogens with two attached hydrogens (primary N) is 1.